The van der Waals surface area contributed by atoms with E-state index in [-0.39, 0.29) is 12.3 Å². The Morgan fingerprint density at radius 2 is 1.67 bits per heavy atom. The van der Waals surface area contributed by atoms with Crippen molar-refractivity contribution in [1.82, 2.24) is 5.32 Å². The molecule has 1 fully saturated rings. The fourth-order valence-corrected chi connectivity index (χ4v) is 1.62. The number of esters is 1. The van der Waals surface area contributed by atoms with Crippen molar-refractivity contribution in [3.8, 4) is 0 Å². The molecule has 0 bridgehead atoms. The number of halogens is 6. The van der Waals surface area contributed by atoms with Crippen molar-refractivity contribution >= 4 is 5.97 Å². The predicted octanol–water partition coefficient (Wildman–Crippen LogP) is 2.37. The summed E-state index contributed by atoms with van der Waals surface area (Å²) in [5.74, 6) is -1.80. The highest BCUT2D eigenvalue weighted by Gasteiger charge is 2.78. The minimum absolute atomic E-state index is 0.174. The van der Waals surface area contributed by atoms with Gasteiger partial charge in [-0.1, -0.05) is 13.8 Å². The molecule has 1 aliphatic rings. The molecule has 0 unspecified atom stereocenters. The lowest BCUT2D eigenvalue weighted by molar-refractivity contribution is -0.369. The Hall–Kier alpha value is -0.990. The van der Waals surface area contributed by atoms with Gasteiger partial charge in [0.15, 0.2) is 0 Å². The lowest BCUT2D eigenvalue weighted by Crippen LogP contribution is -2.65. The van der Waals surface area contributed by atoms with Crippen molar-refractivity contribution in [2.45, 2.75) is 44.4 Å². The molecule has 1 N–H and O–H groups in total. The summed E-state index contributed by atoms with van der Waals surface area (Å²) in [7, 11) is 0. The molecule has 3 nitrogen and oxygen atoms in total. The van der Waals surface area contributed by atoms with Gasteiger partial charge in [-0.05, 0) is 12.3 Å². The van der Waals surface area contributed by atoms with Gasteiger partial charge in [-0.3, -0.25) is 10.1 Å². The van der Waals surface area contributed by atoms with Crippen molar-refractivity contribution in [2.24, 2.45) is 5.92 Å². The van der Waals surface area contributed by atoms with E-state index in [0.29, 0.717) is 0 Å². The van der Waals surface area contributed by atoms with Gasteiger partial charge in [0.1, 0.15) is 6.04 Å². The van der Waals surface area contributed by atoms with Crippen LogP contribution in [-0.2, 0) is 9.53 Å². The molecule has 0 amide bonds. The summed E-state index contributed by atoms with van der Waals surface area (Å²) in [4.78, 5) is 11.1. The Morgan fingerprint density at radius 3 is 1.94 bits per heavy atom. The zero-order chi connectivity index (χ0) is 14.4. The van der Waals surface area contributed by atoms with Gasteiger partial charge in [-0.25, -0.2) is 0 Å². The fraction of sp³-hybridized carbons (Fsp3) is 0.889. The third-order valence-electron chi connectivity index (χ3n) is 2.42. The lowest BCUT2D eigenvalue weighted by Gasteiger charge is -2.31. The number of hydrogen-bond acceptors (Lipinski definition) is 3. The molecule has 0 aromatic heterocycles. The van der Waals surface area contributed by atoms with Gasteiger partial charge in [0, 0.05) is 0 Å². The first-order valence-corrected chi connectivity index (χ1v) is 5.04. The second kappa shape index (κ2) is 4.29. The van der Waals surface area contributed by atoms with E-state index in [2.05, 4.69) is 4.74 Å². The maximum Gasteiger partial charge on any atom is 0.452 e. The Balaban J connectivity index is 3.08. The third-order valence-corrected chi connectivity index (χ3v) is 2.42. The van der Waals surface area contributed by atoms with E-state index < -0.39 is 30.1 Å². The maximum atomic E-state index is 12.5. The first-order valence-electron chi connectivity index (χ1n) is 5.04. The molecule has 1 rings (SSSR count). The quantitative estimate of drug-likeness (QED) is 0.623. The molecule has 18 heavy (non-hydrogen) atoms. The fourth-order valence-electron chi connectivity index (χ4n) is 1.62. The first kappa shape index (κ1) is 15.1. The summed E-state index contributed by atoms with van der Waals surface area (Å²) < 4.78 is 78.8. The van der Waals surface area contributed by atoms with Crippen molar-refractivity contribution < 1.29 is 35.9 Å². The molecule has 1 saturated heterocycles. The summed E-state index contributed by atoms with van der Waals surface area (Å²) in [6.45, 7) is 3.13. The molecular formula is C9H11F6NO2. The molecule has 1 heterocycles. The molecule has 1 aliphatic heterocycles. The molecular weight excluding hydrogens is 268 g/mol. The molecule has 106 valence electrons. The number of rotatable bonds is 2. The van der Waals surface area contributed by atoms with Gasteiger partial charge in [0.05, 0.1) is 0 Å². The van der Waals surface area contributed by atoms with Gasteiger partial charge >= 0.3 is 24.0 Å². The van der Waals surface area contributed by atoms with Crippen LogP contribution in [0.5, 0.6) is 0 Å². The highest BCUT2D eigenvalue weighted by Crippen LogP contribution is 2.47. The summed E-state index contributed by atoms with van der Waals surface area (Å²) >= 11 is 0. The molecule has 9 heteroatoms. The molecule has 0 radical (unpaired) electrons. The minimum atomic E-state index is -5.77. The van der Waals surface area contributed by atoms with Crippen molar-refractivity contribution in [2.75, 3.05) is 0 Å². The molecule has 0 aromatic rings. The summed E-state index contributed by atoms with van der Waals surface area (Å²) in [5.41, 5.74) is -4.60. The zero-order valence-electron chi connectivity index (χ0n) is 9.45. The van der Waals surface area contributed by atoms with Crippen molar-refractivity contribution in [3.63, 3.8) is 0 Å². The molecule has 0 aliphatic carbocycles. The Kier molecular flexibility index (Phi) is 3.59. The standard InChI is InChI=1S/C9H11F6NO2/c1-4(2)3-5-6(17)18-7(16-5,8(10,11)12)9(13,14)15/h4-5,16H,3H2,1-2H3/t5-/m0/s1. The van der Waals surface area contributed by atoms with Crippen molar-refractivity contribution in [1.29, 1.82) is 0 Å². The lowest BCUT2D eigenvalue weighted by atomic mass is 10.0. The molecule has 0 aromatic carbocycles. The van der Waals surface area contributed by atoms with Gasteiger partial charge in [-0.15, -0.1) is 0 Å². The molecule has 0 spiro atoms. The minimum Gasteiger partial charge on any atom is -0.424 e. The maximum absolute atomic E-state index is 12.5. The Labute approximate surface area is 98.5 Å². The topological polar surface area (TPSA) is 38.3 Å². The number of hydrogen-bond donors (Lipinski definition) is 1. The smallest absolute Gasteiger partial charge is 0.424 e. The van der Waals surface area contributed by atoms with E-state index in [1.54, 1.807) is 13.8 Å². The van der Waals surface area contributed by atoms with Crippen LogP contribution < -0.4 is 5.32 Å². The first-order chi connectivity index (χ1) is 7.91. The van der Waals surface area contributed by atoms with Gasteiger partial charge in [0.25, 0.3) is 0 Å². The SMILES string of the molecule is CC(C)C[C@@H]1NC(C(F)(F)F)(C(F)(F)F)OC1=O. The van der Waals surface area contributed by atoms with Crippen LogP contribution in [0, 0.1) is 5.92 Å². The molecule has 0 saturated carbocycles. The highest BCUT2D eigenvalue weighted by atomic mass is 19.4. The summed E-state index contributed by atoms with van der Waals surface area (Å²) in [5, 5.41) is 1.24. The van der Waals surface area contributed by atoms with E-state index in [1.807, 2.05) is 0 Å². The Morgan fingerprint density at radius 1 is 1.22 bits per heavy atom. The van der Waals surface area contributed by atoms with Gasteiger partial charge in [0.2, 0.25) is 0 Å². The van der Waals surface area contributed by atoms with Crippen LogP contribution in [0.4, 0.5) is 26.3 Å². The van der Waals surface area contributed by atoms with Gasteiger partial charge in [-0.2, -0.15) is 26.3 Å². The second-order valence-electron chi connectivity index (χ2n) is 4.42. The van der Waals surface area contributed by atoms with Crippen LogP contribution >= 0.6 is 0 Å². The van der Waals surface area contributed by atoms with E-state index in [0.717, 1.165) is 0 Å². The average Bonchev–Trinajstić information content (AvgIpc) is 2.41. The zero-order valence-corrected chi connectivity index (χ0v) is 9.45. The van der Waals surface area contributed by atoms with Gasteiger partial charge < -0.3 is 4.74 Å². The number of carbonyl (C=O) groups excluding carboxylic acids is 1. The highest BCUT2D eigenvalue weighted by molar-refractivity contribution is 5.78. The van der Waals surface area contributed by atoms with Crippen LogP contribution in [0.1, 0.15) is 20.3 Å². The normalized spacial score (nSPS) is 24.5. The number of nitrogens with one attached hydrogen (secondary N) is 1. The largest absolute Gasteiger partial charge is 0.452 e. The van der Waals surface area contributed by atoms with Crippen LogP contribution in [0.2, 0.25) is 0 Å². The average molecular weight is 279 g/mol. The number of alkyl halides is 6. The van der Waals surface area contributed by atoms with E-state index >= 15 is 0 Å². The van der Waals surface area contributed by atoms with E-state index in [9.17, 15) is 31.1 Å². The van der Waals surface area contributed by atoms with Crippen LogP contribution in [0.3, 0.4) is 0 Å². The Bertz CT molecular complexity index is 321. The molecule has 1 atom stereocenters. The van der Waals surface area contributed by atoms with Crippen molar-refractivity contribution in [3.05, 3.63) is 0 Å². The number of ether oxygens (including phenoxy) is 1. The monoisotopic (exact) mass is 279 g/mol. The third kappa shape index (κ3) is 2.40. The number of cyclic esters (lactones) is 1. The second-order valence-corrected chi connectivity index (χ2v) is 4.42. The van der Waals surface area contributed by atoms with E-state index in [4.69, 9.17) is 0 Å². The predicted molar refractivity (Wildman–Crippen MR) is 47.3 cm³/mol. The van der Waals surface area contributed by atoms with Crippen LogP contribution in [0.15, 0.2) is 0 Å². The van der Waals surface area contributed by atoms with E-state index in [1.165, 1.54) is 5.32 Å². The van der Waals surface area contributed by atoms with Crippen LogP contribution in [-0.4, -0.2) is 30.1 Å². The summed E-state index contributed by atoms with van der Waals surface area (Å²) in [6, 6.07) is -1.62. The van der Waals surface area contributed by atoms with Crippen LogP contribution in [0.25, 0.3) is 0 Å². The summed E-state index contributed by atoms with van der Waals surface area (Å²) in [6.07, 6.45) is -11.7. The number of carbonyl (C=O) groups is 1.